The first-order chi connectivity index (χ1) is 14.1. The van der Waals surface area contributed by atoms with Crippen molar-refractivity contribution in [2.45, 2.75) is 19.4 Å². The number of nitrogens with zero attached hydrogens (tertiary/aromatic N) is 6. The third kappa shape index (κ3) is 3.44. The van der Waals surface area contributed by atoms with E-state index in [0.29, 0.717) is 23.0 Å². The lowest BCUT2D eigenvalue weighted by Crippen LogP contribution is -2.14. The second-order valence-corrected chi connectivity index (χ2v) is 6.73. The average Bonchev–Trinajstić information content (AvgIpc) is 3.11. The molecule has 9 heteroatoms. The summed E-state index contributed by atoms with van der Waals surface area (Å²) in [4.78, 5) is 15.9. The Morgan fingerprint density at radius 2 is 2.03 bits per heavy atom. The van der Waals surface area contributed by atoms with Gasteiger partial charge in [-0.15, -0.1) is 0 Å². The third-order valence-corrected chi connectivity index (χ3v) is 4.84. The molecule has 0 saturated heterocycles. The molecule has 3 heterocycles. The summed E-state index contributed by atoms with van der Waals surface area (Å²) >= 11 is 6.24. The van der Waals surface area contributed by atoms with Crippen molar-refractivity contribution < 1.29 is 0 Å². The lowest BCUT2D eigenvalue weighted by Gasteiger charge is -2.22. The zero-order chi connectivity index (χ0) is 20.4. The molecule has 0 aliphatic rings. The maximum atomic E-state index is 7.40. The topological polar surface area (TPSA) is 98.4 Å². The van der Waals surface area contributed by atoms with Crippen molar-refractivity contribution in [1.29, 1.82) is 0 Å². The lowest BCUT2D eigenvalue weighted by atomic mass is 9.98. The fourth-order valence-corrected chi connectivity index (χ4v) is 3.33. The highest BCUT2D eigenvalue weighted by atomic mass is 35.5. The normalized spacial score (nSPS) is 11.9. The summed E-state index contributed by atoms with van der Waals surface area (Å²) in [7, 11) is 0. The molecule has 0 saturated carbocycles. The second-order valence-electron chi connectivity index (χ2n) is 6.34. The zero-order valence-electron chi connectivity index (χ0n) is 15.5. The molecule has 0 amide bonds. The molecule has 0 radical (unpaired) electrons. The molecule has 3 N–H and O–H groups in total. The van der Waals surface area contributed by atoms with E-state index in [4.69, 9.17) is 29.0 Å². The molecule has 1 atom stereocenters. The van der Waals surface area contributed by atoms with E-state index in [1.807, 2.05) is 43.3 Å². The maximum Gasteiger partial charge on any atom is 0.268 e. The van der Waals surface area contributed by atoms with Crippen molar-refractivity contribution in [2.75, 3.05) is 11.1 Å². The van der Waals surface area contributed by atoms with E-state index in [1.54, 1.807) is 10.7 Å². The molecule has 0 bridgehead atoms. The van der Waals surface area contributed by atoms with E-state index in [2.05, 4.69) is 25.1 Å². The monoisotopic (exact) mass is 404 g/mol. The summed E-state index contributed by atoms with van der Waals surface area (Å²) in [5, 5.41) is 8.51. The van der Waals surface area contributed by atoms with Crippen LogP contribution < -0.4 is 11.1 Å². The number of anilines is 2. The highest BCUT2D eigenvalue weighted by molar-refractivity contribution is 6.29. The van der Waals surface area contributed by atoms with Crippen LogP contribution in [-0.4, -0.2) is 24.6 Å². The standard InChI is InChI=1S/C20H17ClN8/c1-3-14(27-20-18(23-2)19(22)25-11-26-20)13-9-16-24-10-15(21)29(16)28-17(13)12-7-5-4-6-8-12/h4-11,14H,3H2,1H3,(H3,22,25,26,27)/t14-/m1/s1. The first-order valence-corrected chi connectivity index (χ1v) is 9.34. The number of benzene rings is 1. The molecule has 4 rings (SSSR count). The number of aromatic nitrogens is 5. The molecular weight excluding hydrogens is 388 g/mol. The number of hydrogen-bond acceptors (Lipinski definition) is 6. The van der Waals surface area contributed by atoms with Crippen LogP contribution in [0.1, 0.15) is 24.9 Å². The quantitative estimate of drug-likeness (QED) is 0.474. The summed E-state index contributed by atoms with van der Waals surface area (Å²) in [5.41, 5.74) is 9.31. The Morgan fingerprint density at radius 3 is 2.76 bits per heavy atom. The van der Waals surface area contributed by atoms with Crippen LogP contribution in [0.25, 0.3) is 21.7 Å². The number of hydrogen-bond donors (Lipinski definition) is 2. The highest BCUT2D eigenvalue weighted by Gasteiger charge is 2.21. The van der Waals surface area contributed by atoms with Crippen molar-refractivity contribution in [3.05, 3.63) is 71.1 Å². The smallest absolute Gasteiger partial charge is 0.268 e. The van der Waals surface area contributed by atoms with Gasteiger partial charge in [-0.05, 0) is 12.5 Å². The zero-order valence-corrected chi connectivity index (χ0v) is 16.3. The third-order valence-electron chi connectivity index (χ3n) is 4.58. The van der Waals surface area contributed by atoms with Crippen LogP contribution >= 0.6 is 11.6 Å². The number of halogens is 1. The minimum atomic E-state index is -0.187. The Labute approximate surface area is 172 Å². The first-order valence-electron chi connectivity index (χ1n) is 8.96. The van der Waals surface area contributed by atoms with Crippen LogP contribution in [0.15, 0.2) is 48.9 Å². The van der Waals surface area contributed by atoms with Gasteiger partial charge < -0.3 is 11.1 Å². The predicted molar refractivity (Wildman–Crippen MR) is 113 cm³/mol. The van der Waals surface area contributed by atoms with E-state index in [0.717, 1.165) is 16.8 Å². The minimum Gasteiger partial charge on any atom is -0.392 e. The van der Waals surface area contributed by atoms with Gasteiger partial charge in [0.15, 0.2) is 10.8 Å². The van der Waals surface area contributed by atoms with Gasteiger partial charge in [-0.2, -0.15) is 5.10 Å². The van der Waals surface area contributed by atoms with Crippen molar-refractivity contribution in [1.82, 2.24) is 24.6 Å². The van der Waals surface area contributed by atoms with Crippen LogP contribution in [0.3, 0.4) is 0 Å². The average molecular weight is 405 g/mol. The molecule has 144 valence electrons. The van der Waals surface area contributed by atoms with E-state index >= 15 is 0 Å². The summed E-state index contributed by atoms with van der Waals surface area (Å²) in [6.45, 7) is 9.44. The summed E-state index contributed by atoms with van der Waals surface area (Å²) < 4.78 is 1.60. The predicted octanol–water partition coefficient (Wildman–Crippen LogP) is 4.54. The van der Waals surface area contributed by atoms with Crippen LogP contribution in [0.2, 0.25) is 5.15 Å². The minimum absolute atomic E-state index is 0.143. The van der Waals surface area contributed by atoms with Crippen LogP contribution in [-0.2, 0) is 0 Å². The van der Waals surface area contributed by atoms with Gasteiger partial charge in [0.25, 0.3) is 5.69 Å². The van der Waals surface area contributed by atoms with E-state index in [1.165, 1.54) is 6.33 Å². The molecule has 0 unspecified atom stereocenters. The Kier molecular flexibility index (Phi) is 4.97. The lowest BCUT2D eigenvalue weighted by molar-refractivity contribution is 0.736. The van der Waals surface area contributed by atoms with Crippen LogP contribution in [0, 0.1) is 6.57 Å². The van der Waals surface area contributed by atoms with Crippen LogP contribution in [0.4, 0.5) is 17.3 Å². The van der Waals surface area contributed by atoms with E-state index in [9.17, 15) is 0 Å². The molecule has 0 fully saturated rings. The van der Waals surface area contributed by atoms with Gasteiger partial charge in [0.2, 0.25) is 0 Å². The number of fused-ring (bicyclic) bond motifs is 1. The molecule has 3 aromatic heterocycles. The van der Waals surface area contributed by atoms with Gasteiger partial charge in [-0.1, -0.05) is 48.9 Å². The highest BCUT2D eigenvalue weighted by Crippen LogP contribution is 2.35. The molecular formula is C20H17ClN8. The largest absolute Gasteiger partial charge is 0.392 e. The number of nitrogens with two attached hydrogens (primary N) is 1. The molecule has 29 heavy (non-hydrogen) atoms. The van der Waals surface area contributed by atoms with Gasteiger partial charge in [0, 0.05) is 11.1 Å². The molecule has 0 spiro atoms. The SMILES string of the molecule is [C-]#[N+]c1c(N)ncnc1N[C@H](CC)c1cc2ncc(Cl)n2nc1-c1ccccc1. The Balaban J connectivity index is 1.87. The van der Waals surface area contributed by atoms with Gasteiger partial charge in [-0.25, -0.2) is 24.3 Å². The summed E-state index contributed by atoms with van der Waals surface area (Å²) in [6, 6.07) is 11.6. The summed E-state index contributed by atoms with van der Waals surface area (Å²) in [6.07, 6.45) is 3.62. The molecule has 0 aliphatic heterocycles. The van der Waals surface area contributed by atoms with Gasteiger partial charge in [0.05, 0.1) is 24.5 Å². The van der Waals surface area contributed by atoms with Crippen molar-refractivity contribution in [3.63, 3.8) is 0 Å². The fourth-order valence-electron chi connectivity index (χ4n) is 3.16. The molecule has 0 aliphatic carbocycles. The fraction of sp³-hybridized carbons (Fsp3) is 0.150. The second kappa shape index (κ2) is 7.73. The number of rotatable bonds is 5. The Morgan fingerprint density at radius 1 is 1.24 bits per heavy atom. The summed E-state index contributed by atoms with van der Waals surface area (Å²) in [5.74, 6) is 0.531. The Hall–Kier alpha value is -3.70. The maximum absolute atomic E-state index is 7.40. The number of nitrogens with one attached hydrogen (secondary N) is 1. The molecule has 1 aromatic carbocycles. The van der Waals surface area contributed by atoms with E-state index in [-0.39, 0.29) is 17.5 Å². The van der Waals surface area contributed by atoms with Crippen LogP contribution in [0.5, 0.6) is 0 Å². The van der Waals surface area contributed by atoms with Crippen molar-refractivity contribution in [3.8, 4) is 11.3 Å². The molecule has 4 aromatic rings. The Bertz CT molecular complexity index is 1210. The van der Waals surface area contributed by atoms with Crippen molar-refractivity contribution in [2.24, 2.45) is 0 Å². The van der Waals surface area contributed by atoms with Gasteiger partial charge in [0.1, 0.15) is 18.0 Å². The number of imidazole rings is 1. The van der Waals surface area contributed by atoms with Crippen molar-refractivity contribution >= 4 is 34.6 Å². The van der Waals surface area contributed by atoms with Gasteiger partial charge >= 0.3 is 0 Å². The number of nitrogen functional groups attached to an aromatic ring is 1. The first kappa shape index (κ1) is 18.7. The molecule has 8 nitrogen and oxygen atoms in total. The van der Waals surface area contributed by atoms with E-state index < -0.39 is 0 Å². The van der Waals surface area contributed by atoms with Gasteiger partial charge in [-0.3, -0.25) is 0 Å².